The van der Waals surface area contributed by atoms with E-state index in [2.05, 4.69) is 20.6 Å². The minimum Gasteiger partial charge on any atom is -0.489 e. The van der Waals surface area contributed by atoms with E-state index in [1.54, 1.807) is 6.07 Å². The van der Waals surface area contributed by atoms with Gasteiger partial charge in [-0.3, -0.25) is 4.79 Å². The SMILES string of the molecule is CC(C)Oc1ccccc1NC(=O)c1cnc(NCC2CCCO2)nc1. The van der Waals surface area contributed by atoms with Crippen LogP contribution in [0.4, 0.5) is 11.6 Å². The third-order valence-electron chi connectivity index (χ3n) is 3.92. The van der Waals surface area contributed by atoms with Crippen molar-refractivity contribution < 1.29 is 14.3 Å². The maximum atomic E-state index is 12.4. The number of amides is 1. The van der Waals surface area contributed by atoms with E-state index in [1.807, 2.05) is 32.0 Å². The molecule has 3 rings (SSSR count). The third-order valence-corrected chi connectivity index (χ3v) is 3.92. The van der Waals surface area contributed by atoms with Gasteiger partial charge in [0.15, 0.2) is 0 Å². The van der Waals surface area contributed by atoms with Crippen molar-refractivity contribution in [3.8, 4) is 5.75 Å². The number of ether oxygens (including phenoxy) is 2. The molecule has 0 radical (unpaired) electrons. The van der Waals surface area contributed by atoms with Crippen molar-refractivity contribution in [1.82, 2.24) is 9.97 Å². The summed E-state index contributed by atoms with van der Waals surface area (Å²) >= 11 is 0. The van der Waals surface area contributed by atoms with Crippen LogP contribution in [-0.2, 0) is 4.74 Å². The van der Waals surface area contributed by atoms with E-state index >= 15 is 0 Å². The Morgan fingerprint density at radius 1 is 1.31 bits per heavy atom. The summed E-state index contributed by atoms with van der Waals surface area (Å²) < 4.78 is 11.3. The molecule has 2 heterocycles. The smallest absolute Gasteiger partial charge is 0.258 e. The van der Waals surface area contributed by atoms with E-state index in [1.165, 1.54) is 12.4 Å². The highest BCUT2D eigenvalue weighted by atomic mass is 16.5. The van der Waals surface area contributed by atoms with Crippen LogP contribution in [0.5, 0.6) is 5.75 Å². The van der Waals surface area contributed by atoms with Crippen LogP contribution in [0.25, 0.3) is 0 Å². The molecule has 7 heteroatoms. The topological polar surface area (TPSA) is 85.4 Å². The molecule has 2 N–H and O–H groups in total. The van der Waals surface area contributed by atoms with Gasteiger partial charge in [0.2, 0.25) is 5.95 Å². The van der Waals surface area contributed by atoms with Crippen LogP contribution < -0.4 is 15.4 Å². The number of para-hydroxylation sites is 2. The van der Waals surface area contributed by atoms with Gasteiger partial charge in [0.1, 0.15) is 5.75 Å². The first kappa shape index (κ1) is 18.1. The summed E-state index contributed by atoms with van der Waals surface area (Å²) in [5, 5.41) is 5.98. The van der Waals surface area contributed by atoms with Gasteiger partial charge in [-0.2, -0.15) is 0 Å². The molecule has 1 atom stereocenters. The second kappa shape index (κ2) is 8.62. The van der Waals surface area contributed by atoms with E-state index in [4.69, 9.17) is 9.47 Å². The Kier molecular flexibility index (Phi) is 6.01. The van der Waals surface area contributed by atoms with Crippen molar-refractivity contribution >= 4 is 17.5 Å². The summed E-state index contributed by atoms with van der Waals surface area (Å²) in [6, 6.07) is 7.33. The van der Waals surface area contributed by atoms with Crippen molar-refractivity contribution in [3.63, 3.8) is 0 Å². The van der Waals surface area contributed by atoms with Crippen molar-refractivity contribution in [2.75, 3.05) is 23.8 Å². The zero-order valence-electron chi connectivity index (χ0n) is 15.1. The fraction of sp³-hybridized carbons (Fsp3) is 0.421. The van der Waals surface area contributed by atoms with E-state index in [0.717, 1.165) is 19.4 Å². The van der Waals surface area contributed by atoms with Crippen LogP contribution in [0.2, 0.25) is 0 Å². The first-order valence-electron chi connectivity index (χ1n) is 8.86. The van der Waals surface area contributed by atoms with Gasteiger partial charge in [0, 0.05) is 25.5 Å². The Morgan fingerprint density at radius 3 is 2.77 bits per heavy atom. The molecule has 1 aromatic carbocycles. The van der Waals surface area contributed by atoms with Crippen molar-refractivity contribution in [3.05, 3.63) is 42.2 Å². The second-order valence-corrected chi connectivity index (χ2v) is 6.43. The lowest BCUT2D eigenvalue weighted by molar-refractivity contribution is 0.102. The summed E-state index contributed by atoms with van der Waals surface area (Å²) in [6.45, 7) is 5.36. The molecule has 1 aromatic heterocycles. The van der Waals surface area contributed by atoms with Crippen molar-refractivity contribution in [2.24, 2.45) is 0 Å². The number of nitrogens with zero attached hydrogens (tertiary/aromatic N) is 2. The molecule has 0 aliphatic carbocycles. The van der Waals surface area contributed by atoms with Crippen LogP contribution in [0.15, 0.2) is 36.7 Å². The van der Waals surface area contributed by atoms with Crippen molar-refractivity contribution in [2.45, 2.75) is 38.9 Å². The molecule has 1 aliphatic rings. The quantitative estimate of drug-likeness (QED) is 0.793. The highest BCUT2D eigenvalue weighted by Gasteiger charge is 2.16. The third kappa shape index (κ3) is 4.92. The van der Waals surface area contributed by atoms with Gasteiger partial charge in [-0.05, 0) is 38.8 Å². The second-order valence-electron chi connectivity index (χ2n) is 6.43. The Balaban J connectivity index is 1.59. The zero-order chi connectivity index (χ0) is 18.4. The van der Waals surface area contributed by atoms with Gasteiger partial charge in [0.25, 0.3) is 5.91 Å². The zero-order valence-corrected chi connectivity index (χ0v) is 15.1. The minimum atomic E-state index is -0.282. The summed E-state index contributed by atoms with van der Waals surface area (Å²) in [6.07, 6.45) is 5.38. The molecule has 26 heavy (non-hydrogen) atoms. The standard InChI is InChI=1S/C19H24N4O3/c1-13(2)26-17-8-4-3-7-16(17)23-18(24)14-10-20-19(21-11-14)22-12-15-6-5-9-25-15/h3-4,7-8,10-11,13,15H,5-6,9,12H2,1-2H3,(H,23,24)(H,20,21,22). The number of hydrogen-bond donors (Lipinski definition) is 2. The van der Waals surface area contributed by atoms with Gasteiger partial charge in [-0.25, -0.2) is 9.97 Å². The first-order valence-corrected chi connectivity index (χ1v) is 8.86. The highest BCUT2D eigenvalue weighted by Crippen LogP contribution is 2.25. The van der Waals surface area contributed by atoms with Crippen LogP contribution in [0.1, 0.15) is 37.0 Å². The van der Waals surface area contributed by atoms with Crippen LogP contribution in [0.3, 0.4) is 0 Å². The van der Waals surface area contributed by atoms with E-state index < -0.39 is 0 Å². The van der Waals surface area contributed by atoms with Gasteiger partial charge in [-0.1, -0.05) is 12.1 Å². The largest absolute Gasteiger partial charge is 0.489 e. The number of hydrogen-bond acceptors (Lipinski definition) is 6. The monoisotopic (exact) mass is 356 g/mol. The molecular formula is C19H24N4O3. The predicted molar refractivity (Wildman–Crippen MR) is 99.7 cm³/mol. The molecule has 138 valence electrons. The maximum Gasteiger partial charge on any atom is 0.258 e. The Labute approximate surface area is 153 Å². The summed E-state index contributed by atoms with van der Waals surface area (Å²) in [7, 11) is 0. The Bertz CT molecular complexity index is 728. The molecule has 1 aliphatic heterocycles. The number of anilines is 2. The predicted octanol–water partition coefficient (Wildman–Crippen LogP) is 3.11. The van der Waals surface area contributed by atoms with E-state index in [-0.39, 0.29) is 18.1 Å². The average Bonchev–Trinajstić information content (AvgIpc) is 3.15. The molecule has 1 saturated heterocycles. The van der Waals surface area contributed by atoms with E-state index in [9.17, 15) is 4.79 Å². The van der Waals surface area contributed by atoms with E-state index in [0.29, 0.717) is 29.5 Å². The number of benzene rings is 1. The molecular weight excluding hydrogens is 332 g/mol. The van der Waals surface area contributed by atoms with Gasteiger partial charge < -0.3 is 20.1 Å². The molecule has 1 fully saturated rings. The molecule has 0 spiro atoms. The fourth-order valence-electron chi connectivity index (χ4n) is 2.67. The Hall–Kier alpha value is -2.67. The lowest BCUT2D eigenvalue weighted by Crippen LogP contribution is -2.20. The normalized spacial score (nSPS) is 16.5. The van der Waals surface area contributed by atoms with Crippen LogP contribution in [-0.4, -0.2) is 41.2 Å². The Morgan fingerprint density at radius 2 is 2.08 bits per heavy atom. The van der Waals surface area contributed by atoms with Crippen LogP contribution in [0, 0.1) is 0 Å². The van der Waals surface area contributed by atoms with Gasteiger partial charge in [-0.15, -0.1) is 0 Å². The number of rotatable bonds is 7. The number of carbonyl (C=O) groups is 1. The molecule has 1 amide bonds. The summed E-state index contributed by atoms with van der Waals surface area (Å²) in [5.74, 6) is 0.836. The number of aromatic nitrogens is 2. The highest BCUT2D eigenvalue weighted by molar-refractivity contribution is 6.04. The van der Waals surface area contributed by atoms with Crippen LogP contribution >= 0.6 is 0 Å². The molecule has 0 saturated carbocycles. The molecule has 2 aromatic rings. The molecule has 1 unspecified atom stereocenters. The molecule has 0 bridgehead atoms. The lowest BCUT2D eigenvalue weighted by atomic mass is 10.2. The lowest BCUT2D eigenvalue weighted by Gasteiger charge is -2.14. The van der Waals surface area contributed by atoms with Gasteiger partial charge >= 0.3 is 0 Å². The molecule has 7 nitrogen and oxygen atoms in total. The van der Waals surface area contributed by atoms with Crippen molar-refractivity contribution in [1.29, 1.82) is 0 Å². The summed E-state index contributed by atoms with van der Waals surface area (Å²) in [4.78, 5) is 20.8. The number of nitrogens with one attached hydrogen (secondary N) is 2. The fourth-order valence-corrected chi connectivity index (χ4v) is 2.67. The first-order chi connectivity index (χ1) is 12.6. The van der Waals surface area contributed by atoms with Gasteiger partial charge in [0.05, 0.1) is 23.5 Å². The summed E-state index contributed by atoms with van der Waals surface area (Å²) in [5.41, 5.74) is 0.999. The minimum absolute atomic E-state index is 0.0191. The maximum absolute atomic E-state index is 12.4. The average molecular weight is 356 g/mol. The number of carbonyl (C=O) groups excluding carboxylic acids is 1.